The van der Waals surface area contributed by atoms with Gasteiger partial charge in [-0.1, -0.05) is 49.4 Å². The van der Waals surface area contributed by atoms with Gasteiger partial charge in [-0.15, -0.1) is 0 Å². The highest BCUT2D eigenvalue weighted by Crippen LogP contribution is 2.30. The van der Waals surface area contributed by atoms with Gasteiger partial charge in [0, 0.05) is 23.1 Å². The van der Waals surface area contributed by atoms with E-state index < -0.39 is 0 Å². The summed E-state index contributed by atoms with van der Waals surface area (Å²) in [6.07, 6.45) is 8.06. The van der Waals surface area contributed by atoms with Crippen molar-refractivity contribution in [3.05, 3.63) is 34.9 Å². The van der Waals surface area contributed by atoms with Crippen LogP contribution in [0, 0.1) is 0 Å². The third-order valence-electron chi connectivity index (χ3n) is 4.55. The van der Waals surface area contributed by atoms with Crippen molar-refractivity contribution in [2.45, 2.75) is 63.6 Å². The van der Waals surface area contributed by atoms with Crippen molar-refractivity contribution in [3.63, 3.8) is 0 Å². The Morgan fingerprint density at radius 3 is 2.15 bits per heavy atom. The van der Waals surface area contributed by atoms with Crippen molar-refractivity contribution in [1.29, 1.82) is 0 Å². The van der Waals surface area contributed by atoms with Crippen molar-refractivity contribution < 1.29 is 0 Å². The topological polar surface area (TPSA) is 29.3 Å². The van der Waals surface area contributed by atoms with Gasteiger partial charge in [0.05, 0.1) is 0 Å². The van der Waals surface area contributed by atoms with Crippen LogP contribution in [0.1, 0.15) is 57.1 Å². The van der Waals surface area contributed by atoms with Gasteiger partial charge in [0.25, 0.3) is 0 Å². The maximum atomic E-state index is 6.28. The van der Waals surface area contributed by atoms with Gasteiger partial charge in [-0.05, 0) is 44.5 Å². The lowest BCUT2D eigenvalue weighted by atomic mass is 9.96. The van der Waals surface area contributed by atoms with Crippen molar-refractivity contribution in [1.82, 2.24) is 4.90 Å². The first-order valence-electron chi connectivity index (χ1n) is 7.82. The first-order chi connectivity index (χ1) is 9.59. The Bertz CT molecular complexity index is 394. The molecule has 0 aromatic heterocycles. The summed E-state index contributed by atoms with van der Waals surface area (Å²) in [5, 5.41) is 0.786. The molecule has 0 saturated heterocycles. The third-order valence-corrected chi connectivity index (χ3v) is 4.80. The van der Waals surface area contributed by atoms with E-state index in [4.69, 9.17) is 17.3 Å². The molecular weight excluding hydrogens is 268 g/mol. The fourth-order valence-corrected chi connectivity index (χ4v) is 3.59. The van der Waals surface area contributed by atoms with Crippen LogP contribution in [0.5, 0.6) is 0 Å². The Kier molecular flexibility index (Phi) is 5.88. The van der Waals surface area contributed by atoms with Gasteiger partial charge in [-0.25, -0.2) is 0 Å². The number of hydrogen-bond acceptors (Lipinski definition) is 2. The molecular formula is C17H27ClN2. The van der Waals surface area contributed by atoms with Crippen molar-refractivity contribution in [3.8, 4) is 0 Å². The van der Waals surface area contributed by atoms with Crippen LogP contribution in [-0.4, -0.2) is 24.0 Å². The zero-order valence-electron chi connectivity index (χ0n) is 12.7. The molecule has 2 atom stereocenters. The Balaban J connectivity index is 2.16. The number of nitrogens with zero attached hydrogens (tertiary/aromatic N) is 1. The quantitative estimate of drug-likeness (QED) is 0.835. The average Bonchev–Trinajstić information content (AvgIpc) is 2.69. The zero-order chi connectivity index (χ0) is 14.5. The van der Waals surface area contributed by atoms with Gasteiger partial charge in [0.2, 0.25) is 0 Å². The van der Waals surface area contributed by atoms with E-state index in [1.807, 2.05) is 12.1 Å². The smallest absolute Gasteiger partial charge is 0.0496 e. The van der Waals surface area contributed by atoms with Gasteiger partial charge in [-0.2, -0.15) is 0 Å². The summed E-state index contributed by atoms with van der Waals surface area (Å²) >= 11 is 6.00. The molecule has 0 bridgehead atoms. The Morgan fingerprint density at radius 1 is 1.10 bits per heavy atom. The maximum Gasteiger partial charge on any atom is 0.0496 e. The average molecular weight is 295 g/mol. The van der Waals surface area contributed by atoms with Gasteiger partial charge < -0.3 is 5.73 Å². The van der Waals surface area contributed by atoms with E-state index in [0.29, 0.717) is 6.04 Å². The second-order valence-corrected chi connectivity index (χ2v) is 6.60. The highest BCUT2D eigenvalue weighted by Gasteiger charge is 2.27. The number of rotatable bonds is 4. The van der Waals surface area contributed by atoms with Crippen LogP contribution in [0.4, 0.5) is 0 Å². The van der Waals surface area contributed by atoms with Crippen LogP contribution in [0.15, 0.2) is 24.3 Å². The van der Waals surface area contributed by atoms with E-state index >= 15 is 0 Å². The highest BCUT2D eigenvalue weighted by atomic mass is 35.5. The summed E-state index contributed by atoms with van der Waals surface area (Å²) in [6, 6.07) is 9.21. The Labute approximate surface area is 128 Å². The minimum absolute atomic E-state index is 0.115. The van der Waals surface area contributed by atoms with E-state index in [1.54, 1.807) is 0 Å². The molecule has 1 aromatic rings. The first kappa shape index (κ1) is 15.8. The molecule has 0 radical (unpaired) electrons. The molecule has 0 spiro atoms. The minimum atomic E-state index is 0.115. The summed E-state index contributed by atoms with van der Waals surface area (Å²) in [5.74, 6) is 0. The molecule has 1 fully saturated rings. The van der Waals surface area contributed by atoms with Crippen molar-refractivity contribution in [2.24, 2.45) is 5.73 Å². The SMILES string of the molecule is CC(N)C(c1ccc(Cl)cc1)N(C)C1CCCCCC1. The standard InChI is InChI=1S/C17H27ClN2/c1-13(19)17(14-9-11-15(18)12-10-14)20(2)16-7-5-3-4-6-8-16/h9-13,16-17H,3-8,19H2,1-2H3. The zero-order valence-corrected chi connectivity index (χ0v) is 13.4. The minimum Gasteiger partial charge on any atom is -0.326 e. The van der Waals surface area contributed by atoms with Crippen molar-refractivity contribution in [2.75, 3.05) is 7.05 Å². The lowest BCUT2D eigenvalue weighted by Gasteiger charge is -2.37. The molecule has 2 N–H and O–H groups in total. The molecule has 2 unspecified atom stereocenters. The second kappa shape index (κ2) is 7.44. The molecule has 0 amide bonds. The van der Waals surface area contributed by atoms with Crippen LogP contribution >= 0.6 is 11.6 Å². The first-order valence-corrected chi connectivity index (χ1v) is 8.20. The lowest BCUT2D eigenvalue weighted by molar-refractivity contribution is 0.141. The van der Waals surface area contributed by atoms with Crippen molar-refractivity contribution >= 4 is 11.6 Å². The molecule has 112 valence electrons. The Morgan fingerprint density at radius 2 is 1.65 bits per heavy atom. The van der Waals surface area contributed by atoms with Gasteiger partial charge >= 0.3 is 0 Å². The molecule has 2 nitrogen and oxygen atoms in total. The molecule has 0 aliphatic heterocycles. The largest absolute Gasteiger partial charge is 0.326 e. The predicted octanol–water partition coefficient (Wildman–Crippen LogP) is 4.38. The molecule has 1 aliphatic rings. The fraction of sp³-hybridized carbons (Fsp3) is 0.647. The number of benzene rings is 1. The molecule has 1 saturated carbocycles. The number of hydrogen-bond donors (Lipinski definition) is 1. The molecule has 20 heavy (non-hydrogen) atoms. The van der Waals surface area contributed by atoms with E-state index in [9.17, 15) is 0 Å². The van der Waals surface area contributed by atoms with Crippen LogP contribution in [0.25, 0.3) is 0 Å². The second-order valence-electron chi connectivity index (χ2n) is 6.17. The molecule has 1 aromatic carbocycles. The molecule has 3 heteroatoms. The third kappa shape index (κ3) is 3.97. The van der Waals surface area contributed by atoms with E-state index in [-0.39, 0.29) is 12.1 Å². The predicted molar refractivity (Wildman–Crippen MR) is 87.1 cm³/mol. The number of likely N-dealkylation sites (N-methyl/N-ethyl adjacent to an activating group) is 1. The molecule has 1 aliphatic carbocycles. The summed E-state index contributed by atoms with van der Waals surface area (Å²) in [6.45, 7) is 2.10. The number of nitrogens with two attached hydrogens (primary N) is 1. The van der Waals surface area contributed by atoms with Crippen LogP contribution in [0.2, 0.25) is 5.02 Å². The maximum absolute atomic E-state index is 6.28. The number of halogens is 1. The van der Waals surface area contributed by atoms with Crippen LogP contribution in [-0.2, 0) is 0 Å². The summed E-state index contributed by atoms with van der Waals surface area (Å²) in [4.78, 5) is 2.50. The van der Waals surface area contributed by atoms with Crippen LogP contribution < -0.4 is 5.73 Å². The summed E-state index contributed by atoms with van der Waals surface area (Å²) in [5.41, 5.74) is 7.55. The molecule has 2 rings (SSSR count). The fourth-order valence-electron chi connectivity index (χ4n) is 3.46. The van der Waals surface area contributed by atoms with Gasteiger partial charge in [0.15, 0.2) is 0 Å². The molecule has 0 heterocycles. The lowest BCUT2D eigenvalue weighted by Crippen LogP contribution is -2.42. The normalized spacial score (nSPS) is 20.6. The van der Waals surface area contributed by atoms with Gasteiger partial charge in [-0.3, -0.25) is 4.90 Å². The van der Waals surface area contributed by atoms with E-state index in [2.05, 4.69) is 31.0 Å². The van der Waals surface area contributed by atoms with E-state index in [1.165, 1.54) is 44.1 Å². The highest BCUT2D eigenvalue weighted by molar-refractivity contribution is 6.30. The van der Waals surface area contributed by atoms with Crippen LogP contribution in [0.3, 0.4) is 0 Å². The monoisotopic (exact) mass is 294 g/mol. The Hall–Kier alpha value is -0.570. The van der Waals surface area contributed by atoms with Gasteiger partial charge in [0.1, 0.15) is 0 Å². The summed E-state index contributed by atoms with van der Waals surface area (Å²) < 4.78 is 0. The van der Waals surface area contributed by atoms with E-state index in [0.717, 1.165) is 5.02 Å². The summed E-state index contributed by atoms with van der Waals surface area (Å²) in [7, 11) is 2.23.